The van der Waals surface area contributed by atoms with Crippen molar-refractivity contribution in [2.24, 2.45) is 17.2 Å². The Hall–Kier alpha value is -5.56. The maximum atomic E-state index is 13.8. The molecule has 8 N–H and O–H groups in total. The Balaban J connectivity index is 1.29. The van der Waals surface area contributed by atoms with Crippen LogP contribution in [0.4, 0.5) is 8.78 Å². The minimum atomic E-state index is -3.18. The number of nitrogens with zero attached hydrogens (tertiary/aromatic N) is 7. The number of halogens is 2. The summed E-state index contributed by atoms with van der Waals surface area (Å²) in [7, 11) is 0. The molecule has 0 unspecified atom stereocenters. The second-order valence-corrected chi connectivity index (χ2v) is 14.0. The third-order valence-electron chi connectivity index (χ3n) is 9.45. The van der Waals surface area contributed by atoms with Crippen LogP contribution in [0.25, 0.3) is 10.9 Å². The molecule has 310 valence electrons. The van der Waals surface area contributed by atoms with Crippen LogP contribution in [0.15, 0.2) is 30.5 Å². The summed E-state index contributed by atoms with van der Waals surface area (Å²) in [6, 6.07) is 6.86. The fraction of sp³-hybridized carbons (Fsp3) is 0.556. The summed E-state index contributed by atoms with van der Waals surface area (Å²) in [5.74, 6) is -6.01. The van der Waals surface area contributed by atoms with E-state index < -0.39 is 61.0 Å². The van der Waals surface area contributed by atoms with E-state index >= 15 is 0 Å². The van der Waals surface area contributed by atoms with Gasteiger partial charge in [-0.25, -0.2) is 8.78 Å². The molecule has 4 rings (SSSR count). The molecular weight excluding hydrogens is 750 g/mol. The monoisotopic (exact) mass is 800 g/mol. The molecule has 2 fully saturated rings. The molecule has 2 aliphatic rings. The number of fused-ring (bicyclic) bond motifs is 1. The van der Waals surface area contributed by atoms with Gasteiger partial charge in [0.1, 0.15) is 17.3 Å². The molecular formula is C36H50F2N12O7. The number of benzene rings is 1. The van der Waals surface area contributed by atoms with E-state index in [1.807, 2.05) is 19.6 Å². The standard InChI is InChI=1S/C36H50F2N12O7/c37-36(38)17-25(18-39)50(24-36)33(55)19-45-35(56)27-5-7-44-34-26(27)3-1-4-28(34)57-16-2-6-43-32(54)23-49-14-12-47(21-30(41)52)10-8-46(20-29(40)51)9-11-48(13-15-49)22-31(42)53/h1,3-5,7,25H,2,6,8-17,19-24H2,(H2,40,51)(H2,41,52)(H2,42,53)(H,43,54)(H,45,56)/t25-/m0/s1. The van der Waals surface area contributed by atoms with Gasteiger partial charge in [-0.1, -0.05) is 12.1 Å². The molecule has 2 saturated heterocycles. The fourth-order valence-electron chi connectivity index (χ4n) is 6.62. The summed E-state index contributed by atoms with van der Waals surface area (Å²) < 4.78 is 33.5. The maximum absolute atomic E-state index is 13.8. The summed E-state index contributed by atoms with van der Waals surface area (Å²) in [4.78, 5) is 86.5. The van der Waals surface area contributed by atoms with Crippen LogP contribution in [0.1, 0.15) is 23.2 Å². The van der Waals surface area contributed by atoms with E-state index in [-0.39, 0.29) is 50.8 Å². The van der Waals surface area contributed by atoms with Crippen molar-refractivity contribution in [1.29, 1.82) is 5.26 Å². The lowest BCUT2D eigenvalue weighted by Gasteiger charge is -2.33. The molecule has 2 aromatic rings. The highest BCUT2D eigenvalue weighted by molar-refractivity contribution is 6.08. The summed E-state index contributed by atoms with van der Waals surface area (Å²) >= 11 is 0. The first-order chi connectivity index (χ1) is 27.1. The number of rotatable bonds is 16. The fourth-order valence-corrected chi connectivity index (χ4v) is 6.62. The van der Waals surface area contributed by atoms with Crippen LogP contribution in [0.3, 0.4) is 0 Å². The highest BCUT2D eigenvalue weighted by Gasteiger charge is 2.47. The smallest absolute Gasteiger partial charge is 0.268 e. The van der Waals surface area contributed by atoms with Crippen LogP contribution < -0.4 is 32.6 Å². The van der Waals surface area contributed by atoms with Gasteiger partial charge in [-0.15, -0.1) is 0 Å². The van der Waals surface area contributed by atoms with Gasteiger partial charge in [-0.05, 0) is 18.6 Å². The zero-order valence-corrected chi connectivity index (χ0v) is 31.7. The molecule has 6 amide bonds. The van der Waals surface area contributed by atoms with Crippen LogP contribution >= 0.6 is 0 Å². The number of hydrogen-bond acceptors (Lipinski definition) is 13. The quantitative estimate of drug-likeness (QED) is 0.108. The van der Waals surface area contributed by atoms with E-state index in [9.17, 15) is 42.8 Å². The van der Waals surface area contributed by atoms with Crippen LogP contribution in [0, 0.1) is 11.3 Å². The SMILES string of the molecule is N#C[C@@H]1CC(F)(F)CN1C(=O)CNC(=O)c1ccnc2c(OCCCNC(=O)CN3CCN(CC(N)=O)CCN(CC(N)=O)CCN(CC(N)=O)CC3)cccc12. The molecule has 1 aromatic heterocycles. The molecule has 1 atom stereocenters. The van der Waals surface area contributed by atoms with Crippen molar-refractivity contribution in [2.75, 3.05) is 105 Å². The summed E-state index contributed by atoms with van der Waals surface area (Å²) in [6.45, 7) is 2.37. The molecule has 0 saturated carbocycles. The minimum absolute atomic E-state index is 0.00483. The zero-order valence-electron chi connectivity index (χ0n) is 31.7. The largest absolute Gasteiger partial charge is 0.491 e. The summed E-state index contributed by atoms with van der Waals surface area (Å²) in [5, 5.41) is 14.9. The molecule has 21 heteroatoms. The van der Waals surface area contributed by atoms with Gasteiger partial charge in [0.15, 0.2) is 0 Å². The number of aromatic nitrogens is 1. The van der Waals surface area contributed by atoms with Gasteiger partial charge in [0.05, 0.1) is 57.5 Å². The molecule has 19 nitrogen and oxygen atoms in total. The molecule has 0 spiro atoms. The van der Waals surface area contributed by atoms with Gasteiger partial charge in [0.25, 0.3) is 11.8 Å². The summed E-state index contributed by atoms with van der Waals surface area (Å²) in [5.41, 5.74) is 17.0. The predicted octanol–water partition coefficient (Wildman–Crippen LogP) is -2.71. The number of carbonyl (C=O) groups is 6. The highest BCUT2D eigenvalue weighted by Crippen LogP contribution is 2.31. The lowest BCUT2D eigenvalue weighted by Crippen LogP contribution is -2.50. The Bertz CT molecular complexity index is 1780. The third-order valence-corrected chi connectivity index (χ3v) is 9.45. The Kier molecular flexibility index (Phi) is 16.3. The number of para-hydroxylation sites is 1. The average molecular weight is 801 g/mol. The van der Waals surface area contributed by atoms with Gasteiger partial charge in [-0.2, -0.15) is 5.26 Å². The van der Waals surface area contributed by atoms with E-state index in [0.29, 0.717) is 75.4 Å². The van der Waals surface area contributed by atoms with Gasteiger partial charge in [-0.3, -0.25) is 53.4 Å². The van der Waals surface area contributed by atoms with Crippen molar-refractivity contribution < 1.29 is 42.3 Å². The number of alkyl halides is 2. The van der Waals surface area contributed by atoms with Crippen LogP contribution in [-0.2, 0) is 24.0 Å². The second-order valence-electron chi connectivity index (χ2n) is 14.0. The van der Waals surface area contributed by atoms with Gasteiger partial charge >= 0.3 is 0 Å². The first-order valence-corrected chi connectivity index (χ1v) is 18.5. The number of carbonyl (C=O) groups excluding carboxylic acids is 6. The minimum Gasteiger partial charge on any atom is -0.491 e. The van der Waals surface area contributed by atoms with E-state index in [1.165, 1.54) is 12.3 Å². The van der Waals surface area contributed by atoms with Crippen LogP contribution in [0.2, 0.25) is 0 Å². The predicted molar refractivity (Wildman–Crippen MR) is 201 cm³/mol. The number of pyridine rings is 1. The van der Waals surface area contributed by atoms with Crippen molar-refractivity contribution >= 4 is 46.3 Å². The second kappa shape index (κ2) is 21.1. The molecule has 3 heterocycles. The molecule has 0 bridgehead atoms. The van der Waals surface area contributed by atoms with Crippen molar-refractivity contribution in [3.8, 4) is 11.8 Å². The van der Waals surface area contributed by atoms with E-state index in [2.05, 4.69) is 15.6 Å². The van der Waals surface area contributed by atoms with Crippen molar-refractivity contribution in [3.05, 3.63) is 36.0 Å². The van der Waals surface area contributed by atoms with Gasteiger partial charge in [0, 0.05) is 76.9 Å². The number of likely N-dealkylation sites (tertiary alicyclic amines) is 1. The number of amides is 6. The Morgan fingerprint density at radius 2 is 1.37 bits per heavy atom. The number of nitrogens with two attached hydrogens (primary N) is 3. The number of nitriles is 1. The van der Waals surface area contributed by atoms with Crippen LogP contribution in [0.5, 0.6) is 5.75 Å². The van der Waals surface area contributed by atoms with Crippen molar-refractivity contribution in [1.82, 2.24) is 40.1 Å². The summed E-state index contributed by atoms with van der Waals surface area (Å²) in [6.07, 6.45) is 1.06. The average Bonchev–Trinajstić information content (AvgIpc) is 3.48. The molecule has 0 radical (unpaired) electrons. The lowest BCUT2D eigenvalue weighted by atomic mass is 10.1. The first kappa shape index (κ1) is 44.2. The molecule has 57 heavy (non-hydrogen) atoms. The third kappa shape index (κ3) is 14.2. The molecule has 1 aromatic carbocycles. The van der Waals surface area contributed by atoms with Crippen molar-refractivity contribution in [2.45, 2.75) is 24.8 Å². The maximum Gasteiger partial charge on any atom is 0.268 e. The lowest BCUT2D eigenvalue weighted by molar-refractivity contribution is -0.131. The van der Waals surface area contributed by atoms with Gasteiger partial charge < -0.3 is 37.5 Å². The Labute approximate surface area is 328 Å². The van der Waals surface area contributed by atoms with Crippen molar-refractivity contribution in [3.63, 3.8) is 0 Å². The van der Waals surface area contributed by atoms with E-state index in [4.69, 9.17) is 21.9 Å². The number of hydrogen-bond donors (Lipinski definition) is 5. The van der Waals surface area contributed by atoms with Gasteiger partial charge in [0.2, 0.25) is 29.5 Å². The first-order valence-electron chi connectivity index (χ1n) is 18.5. The Morgan fingerprint density at radius 1 is 0.825 bits per heavy atom. The zero-order chi connectivity index (χ0) is 41.5. The Morgan fingerprint density at radius 3 is 1.89 bits per heavy atom. The van der Waals surface area contributed by atoms with E-state index in [1.54, 1.807) is 24.3 Å². The topological polar surface area (TPSA) is 267 Å². The molecule has 0 aliphatic carbocycles. The highest BCUT2D eigenvalue weighted by atomic mass is 19.3. The number of ether oxygens (including phenoxy) is 1. The number of nitrogens with one attached hydrogen (secondary N) is 2. The van der Waals surface area contributed by atoms with Crippen LogP contribution in [-0.4, -0.2) is 182 Å². The molecule has 2 aliphatic heterocycles. The van der Waals surface area contributed by atoms with E-state index in [0.717, 1.165) is 4.90 Å². The number of primary amides is 3. The normalized spacial score (nSPS) is 18.8.